The number of nitrogens with zero attached hydrogens (tertiary/aromatic N) is 1. The molecule has 1 aromatic heterocycles. The number of methoxy groups -OCH3 is 1. The zero-order valence-corrected chi connectivity index (χ0v) is 11.9. The normalized spacial score (nSPS) is 10.7. The highest BCUT2D eigenvalue weighted by molar-refractivity contribution is 7.13. The first kappa shape index (κ1) is 13.1. The zero-order valence-electron chi connectivity index (χ0n) is 11.1. The van der Waals surface area contributed by atoms with Crippen LogP contribution in [0, 0.1) is 20.8 Å². The van der Waals surface area contributed by atoms with E-state index in [2.05, 4.69) is 24.9 Å². The topological polar surface area (TPSA) is 42.4 Å². The van der Waals surface area contributed by atoms with Crippen molar-refractivity contribution in [2.45, 2.75) is 27.4 Å². The smallest absolute Gasteiger partial charge is 0.124 e. The molecule has 0 unspecified atom stereocenters. The fourth-order valence-electron chi connectivity index (χ4n) is 2.10. The Labute approximate surface area is 111 Å². The molecule has 0 aliphatic rings. The molecule has 18 heavy (non-hydrogen) atoms. The van der Waals surface area contributed by atoms with E-state index in [0.29, 0.717) is 0 Å². The van der Waals surface area contributed by atoms with Crippen molar-refractivity contribution in [3.05, 3.63) is 33.8 Å². The Hall–Kier alpha value is -1.39. The molecule has 2 aromatic rings. The van der Waals surface area contributed by atoms with Gasteiger partial charge in [0.25, 0.3) is 0 Å². The average molecular weight is 263 g/mol. The molecular formula is C14H17NO2S. The second-order valence-corrected chi connectivity index (χ2v) is 5.18. The first-order valence-electron chi connectivity index (χ1n) is 5.79. The van der Waals surface area contributed by atoms with Crippen LogP contribution in [0.2, 0.25) is 0 Å². The SMILES string of the molecule is COc1c(C)cc(-c2nc(CO)cs2)c(C)c1C. The molecule has 0 atom stereocenters. The van der Waals surface area contributed by atoms with E-state index in [1.54, 1.807) is 18.4 Å². The van der Waals surface area contributed by atoms with E-state index >= 15 is 0 Å². The summed E-state index contributed by atoms with van der Waals surface area (Å²) >= 11 is 1.56. The van der Waals surface area contributed by atoms with Gasteiger partial charge in [0.1, 0.15) is 10.8 Å². The van der Waals surface area contributed by atoms with E-state index in [0.717, 1.165) is 33.1 Å². The van der Waals surface area contributed by atoms with Gasteiger partial charge >= 0.3 is 0 Å². The number of aryl methyl sites for hydroxylation is 1. The predicted molar refractivity (Wildman–Crippen MR) is 74.2 cm³/mol. The van der Waals surface area contributed by atoms with Gasteiger partial charge in [0.15, 0.2) is 0 Å². The van der Waals surface area contributed by atoms with Crippen LogP contribution in [0.15, 0.2) is 11.4 Å². The lowest BCUT2D eigenvalue weighted by atomic mass is 9.99. The quantitative estimate of drug-likeness (QED) is 0.924. The second kappa shape index (κ2) is 5.08. The van der Waals surface area contributed by atoms with E-state index in [1.165, 1.54) is 5.56 Å². The van der Waals surface area contributed by atoms with Crippen molar-refractivity contribution < 1.29 is 9.84 Å². The highest BCUT2D eigenvalue weighted by atomic mass is 32.1. The van der Waals surface area contributed by atoms with Crippen LogP contribution in [0.4, 0.5) is 0 Å². The van der Waals surface area contributed by atoms with Gasteiger partial charge in [-0.15, -0.1) is 11.3 Å². The first-order valence-corrected chi connectivity index (χ1v) is 6.66. The Morgan fingerprint density at radius 2 is 2.00 bits per heavy atom. The third-order valence-electron chi connectivity index (χ3n) is 3.17. The summed E-state index contributed by atoms with van der Waals surface area (Å²) in [5.74, 6) is 0.940. The summed E-state index contributed by atoms with van der Waals surface area (Å²) in [5, 5.41) is 11.9. The lowest BCUT2D eigenvalue weighted by Crippen LogP contribution is -1.96. The van der Waals surface area contributed by atoms with Crippen LogP contribution in [0.25, 0.3) is 10.6 Å². The molecule has 0 saturated carbocycles. The number of hydrogen-bond donors (Lipinski definition) is 1. The molecule has 0 fully saturated rings. The molecule has 1 heterocycles. The lowest BCUT2D eigenvalue weighted by Gasteiger charge is -2.14. The van der Waals surface area contributed by atoms with Crippen molar-refractivity contribution in [2.75, 3.05) is 7.11 Å². The molecule has 0 radical (unpaired) electrons. The van der Waals surface area contributed by atoms with E-state index in [-0.39, 0.29) is 6.61 Å². The van der Waals surface area contributed by atoms with Gasteiger partial charge in [-0.1, -0.05) is 0 Å². The van der Waals surface area contributed by atoms with Crippen LogP contribution >= 0.6 is 11.3 Å². The zero-order chi connectivity index (χ0) is 13.3. The highest BCUT2D eigenvalue weighted by Crippen LogP contribution is 2.35. The minimum absolute atomic E-state index is 0.0103. The van der Waals surface area contributed by atoms with E-state index < -0.39 is 0 Å². The molecule has 1 N–H and O–H groups in total. The Morgan fingerprint density at radius 3 is 2.56 bits per heavy atom. The molecular weight excluding hydrogens is 246 g/mol. The molecule has 2 rings (SSSR count). The number of aromatic nitrogens is 1. The molecule has 0 bridgehead atoms. The van der Waals surface area contributed by atoms with E-state index in [4.69, 9.17) is 9.84 Å². The van der Waals surface area contributed by atoms with E-state index in [1.807, 2.05) is 12.3 Å². The molecule has 0 aliphatic carbocycles. The van der Waals surface area contributed by atoms with Gasteiger partial charge in [0, 0.05) is 10.9 Å². The van der Waals surface area contributed by atoms with Crippen LogP contribution in [0.1, 0.15) is 22.4 Å². The highest BCUT2D eigenvalue weighted by Gasteiger charge is 2.14. The standard InChI is InChI=1S/C14H17NO2S/c1-8-5-12(9(2)10(3)13(8)17-4)14-15-11(6-16)7-18-14/h5,7,16H,6H2,1-4H3. The molecule has 0 saturated heterocycles. The Kier molecular flexibility index (Phi) is 3.68. The van der Waals surface area contributed by atoms with Gasteiger partial charge in [-0.05, 0) is 43.5 Å². The maximum absolute atomic E-state index is 9.08. The number of rotatable bonds is 3. The summed E-state index contributed by atoms with van der Waals surface area (Å²) in [6.07, 6.45) is 0. The number of thiazole rings is 1. The maximum atomic E-state index is 9.08. The van der Waals surface area contributed by atoms with Crippen LogP contribution in [0.5, 0.6) is 5.75 Å². The fourth-order valence-corrected chi connectivity index (χ4v) is 2.98. The summed E-state index contributed by atoms with van der Waals surface area (Å²) in [6, 6.07) is 2.10. The molecule has 3 nitrogen and oxygen atoms in total. The number of aliphatic hydroxyl groups excluding tert-OH is 1. The van der Waals surface area contributed by atoms with Crippen LogP contribution in [-0.4, -0.2) is 17.2 Å². The first-order chi connectivity index (χ1) is 8.58. The summed E-state index contributed by atoms with van der Waals surface area (Å²) in [4.78, 5) is 4.43. The Morgan fingerprint density at radius 1 is 1.28 bits per heavy atom. The van der Waals surface area contributed by atoms with Crippen molar-refractivity contribution in [1.82, 2.24) is 4.98 Å². The van der Waals surface area contributed by atoms with Crippen LogP contribution in [0.3, 0.4) is 0 Å². The average Bonchev–Trinajstić information content (AvgIpc) is 2.83. The summed E-state index contributed by atoms with van der Waals surface area (Å²) < 4.78 is 5.42. The Bertz CT molecular complexity index is 575. The predicted octanol–water partition coefficient (Wildman–Crippen LogP) is 3.24. The van der Waals surface area contributed by atoms with Crippen molar-refractivity contribution in [1.29, 1.82) is 0 Å². The lowest BCUT2D eigenvalue weighted by molar-refractivity contribution is 0.278. The summed E-state index contributed by atoms with van der Waals surface area (Å²) in [5.41, 5.74) is 5.27. The monoisotopic (exact) mass is 263 g/mol. The third kappa shape index (κ3) is 2.13. The molecule has 0 spiro atoms. The summed E-state index contributed by atoms with van der Waals surface area (Å²) in [7, 11) is 1.70. The van der Waals surface area contributed by atoms with Gasteiger partial charge in [0.05, 0.1) is 19.4 Å². The molecule has 1 aromatic carbocycles. The largest absolute Gasteiger partial charge is 0.496 e. The maximum Gasteiger partial charge on any atom is 0.124 e. The molecule has 0 aliphatic heterocycles. The van der Waals surface area contributed by atoms with Crippen LogP contribution < -0.4 is 4.74 Å². The number of benzene rings is 1. The van der Waals surface area contributed by atoms with Crippen molar-refractivity contribution in [3.8, 4) is 16.3 Å². The van der Waals surface area contributed by atoms with Crippen molar-refractivity contribution in [3.63, 3.8) is 0 Å². The Balaban J connectivity index is 2.58. The number of aliphatic hydroxyl groups is 1. The fraction of sp³-hybridized carbons (Fsp3) is 0.357. The van der Waals surface area contributed by atoms with Gasteiger partial charge in [0.2, 0.25) is 0 Å². The van der Waals surface area contributed by atoms with Crippen molar-refractivity contribution >= 4 is 11.3 Å². The minimum Gasteiger partial charge on any atom is -0.496 e. The van der Waals surface area contributed by atoms with E-state index in [9.17, 15) is 0 Å². The third-order valence-corrected chi connectivity index (χ3v) is 4.10. The minimum atomic E-state index is -0.0103. The van der Waals surface area contributed by atoms with Crippen molar-refractivity contribution in [2.24, 2.45) is 0 Å². The molecule has 0 amide bonds. The van der Waals surface area contributed by atoms with Crippen LogP contribution in [-0.2, 0) is 6.61 Å². The number of ether oxygens (including phenoxy) is 1. The van der Waals surface area contributed by atoms with Gasteiger partial charge in [-0.3, -0.25) is 0 Å². The van der Waals surface area contributed by atoms with Gasteiger partial charge in [-0.2, -0.15) is 0 Å². The number of hydrogen-bond acceptors (Lipinski definition) is 4. The van der Waals surface area contributed by atoms with Gasteiger partial charge < -0.3 is 9.84 Å². The second-order valence-electron chi connectivity index (χ2n) is 4.33. The molecule has 96 valence electrons. The summed E-state index contributed by atoms with van der Waals surface area (Å²) in [6.45, 7) is 6.16. The van der Waals surface area contributed by atoms with Gasteiger partial charge in [-0.25, -0.2) is 4.98 Å². The molecule has 4 heteroatoms.